The summed E-state index contributed by atoms with van der Waals surface area (Å²) in [6.07, 6.45) is 5.25. The number of halogens is 2. The number of carbonyl (C=O) groups excluding carboxylic acids is 1. The highest BCUT2D eigenvalue weighted by Gasteiger charge is 2.26. The molecule has 4 rings (SSSR count). The lowest BCUT2D eigenvalue weighted by molar-refractivity contribution is 0.0929. The Morgan fingerprint density at radius 2 is 2.04 bits per heavy atom. The molecule has 1 aromatic carbocycles. The highest BCUT2D eigenvalue weighted by atomic mass is 35.5. The second-order valence-corrected chi connectivity index (χ2v) is 6.09. The molecule has 0 bridgehead atoms. The predicted molar refractivity (Wildman–Crippen MR) is 94.7 cm³/mol. The van der Waals surface area contributed by atoms with Gasteiger partial charge in [0.15, 0.2) is 5.82 Å². The van der Waals surface area contributed by atoms with Crippen LogP contribution in [0.1, 0.15) is 10.5 Å². The van der Waals surface area contributed by atoms with E-state index in [1.165, 1.54) is 6.07 Å². The van der Waals surface area contributed by atoms with Gasteiger partial charge in [0.05, 0.1) is 16.4 Å². The summed E-state index contributed by atoms with van der Waals surface area (Å²) < 4.78 is 16.2. The third kappa shape index (κ3) is 2.74. The van der Waals surface area contributed by atoms with E-state index in [9.17, 15) is 9.18 Å². The van der Waals surface area contributed by atoms with Crippen molar-refractivity contribution in [3.8, 4) is 11.1 Å². The number of carbonyl (C=O) groups is 1. The van der Waals surface area contributed by atoms with Gasteiger partial charge in [-0.25, -0.2) is 4.39 Å². The van der Waals surface area contributed by atoms with Gasteiger partial charge in [0.2, 0.25) is 0 Å². The van der Waals surface area contributed by atoms with Crippen molar-refractivity contribution < 1.29 is 9.18 Å². The van der Waals surface area contributed by atoms with Gasteiger partial charge in [-0.1, -0.05) is 17.7 Å². The first kappa shape index (κ1) is 15.7. The first-order valence-electron chi connectivity index (χ1n) is 7.78. The minimum Gasteiger partial charge on any atom is -0.351 e. The van der Waals surface area contributed by atoms with Gasteiger partial charge in [-0.15, -0.1) is 0 Å². The second-order valence-electron chi connectivity index (χ2n) is 5.68. The van der Waals surface area contributed by atoms with Crippen molar-refractivity contribution in [3.63, 3.8) is 0 Å². The van der Waals surface area contributed by atoms with Gasteiger partial charge in [-0.2, -0.15) is 0 Å². The fraction of sp³-hybridized carbons (Fsp3) is 0.111. The Morgan fingerprint density at radius 3 is 2.84 bits per heavy atom. The first-order valence-corrected chi connectivity index (χ1v) is 8.15. The molecule has 0 atom stereocenters. The van der Waals surface area contributed by atoms with Gasteiger partial charge in [-0.05, 0) is 29.8 Å². The molecule has 0 saturated heterocycles. The molecule has 0 aliphatic carbocycles. The van der Waals surface area contributed by atoms with E-state index in [1.54, 1.807) is 24.5 Å². The maximum Gasteiger partial charge on any atom is 0.270 e. The lowest BCUT2D eigenvalue weighted by Crippen LogP contribution is -2.35. The molecule has 1 amide bonds. The largest absolute Gasteiger partial charge is 0.351 e. The molecule has 0 fully saturated rings. The van der Waals surface area contributed by atoms with Crippen LogP contribution in [0.4, 0.5) is 15.8 Å². The monoisotopic (exact) mass is 356 g/mol. The quantitative estimate of drug-likeness (QED) is 0.749. The molecular weight excluding hydrogens is 343 g/mol. The lowest BCUT2D eigenvalue weighted by atomic mass is 10.1. The molecule has 0 saturated carbocycles. The maximum absolute atomic E-state index is 14.3. The zero-order chi connectivity index (χ0) is 17.4. The van der Waals surface area contributed by atoms with Gasteiger partial charge in [0.25, 0.3) is 5.91 Å². The lowest BCUT2D eigenvalue weighted by Gasteiger charge is -2.18. The van der Waals surface area contributed by atoms with Gasteiger partial charge in [0.1, 0.15) is 5.69 Å². The number of fused-ring (bicyclic) bond motifs is 1. The van der Waals surface area contributed by atoms with Crippen LogP contribution in [-0.2, 0) is 6.54 Å². The van der Waals surface area contributed by atoms with Crippen molar-refractivity contribution in [3.05, 3.63) is 65.5 Å². The summed E-state index contributed by atoms with van der Waals surface area (Å²) in [5.74, 6) is -0.752. The maximum atomic E-state index is 14.3. The smallest absolute Gasteiger partial charge is 0.270 e. The number of amides is 1. The molecule has 0 radical (unpaired) electrons. The minimum absolute atomic E-state index is 0.0213. The Labute approximate surface area is 148 Å². The van der Waals surface area contributed by atoms with E-state index >= 15 is 0 Å². The fourth-order valence-corrected chi connectivity index (χ4v) is 3.14. The van der Waals surface area contributed by atoms with Crippen LogP contribution in [0, 0.1) is 5.82 Å². The van der Waals surface area contributed by atoms with E-state index < -0.39 is 5.82 Å². The van der Waals surface area contributed by atoms with Crippen LogP contribution >= 0.6 is 11.6 Å². The first-order chi connectivity index (χ1) is 12.1. The van der Waals surface area contributed by atoms with Gasteiger partial charge in [0, 0.05) is 37.2 Å². The zero-order valence-corrected chi connectivity index (χ0v) is 13.8. The topological polar surface area (TPSA) is 59.0 Å². The Kier molecular flexibility index (Phi) is 3.89. The number of nitrogens with zero attached hydrogens (tertiary/aromatic N) is 2. The average Bonchev–Trinajstić information content (AvgIpc) is 2.99. The molecule has 5 nitrogen and oxygen atoms in total. The van der Waals surface area contributed by atoms with Crippen molar-refractivity contribution in [1.29, 1.82) is 0 Å². The summed E-state index contributed by atoms with van der Waals surface area (Å²) in [5.41, 5.74) is 2.92. The predicted octanol–water partition coefficient (Wildman–Crippen LogP) is 3.83. The fourth-order valence-electron chi connectivity index (χ4n) is 2.96. The summed E-state index contributed by atoms with van der Waals surface area (Å²) in [4.78, 5) is 16.4. The number of hydrogen-bond donors (Lipinski definition) is 2. The molecule has 1 aliphatic rings. The Balaban J connectivity index is 1.89. The molecule has 2 N–H and O–H groups in total. The number of rotatable bonds is 3. The normalized spacial score (nSPS) is 13.3. The van der Waals surface area contributed by atoms with Gasteiger partial charge >= 0.3 is 0 Å². The van der Waals surface area contributed by atoms with E-state index in [4.69, 9.17) is 11.6 Å². The standard InChI is InChI=1S/C18H14ClFN4O/c19-13-2-1-3-14(15(13)20)23-16-12(11-4-6-21-7-5-11)10-24-9-8-22-18(25)17(16)24/h1-7,10,23H,8-9H2,(H,22,25). The van der Waals surface area contributed by atoms with Crippen LogP contribution in [0.25, 0.3) is 11.1 Å². The molecule has 7 heteroatoms. The Hall–Kier alpha value is -2.86. The molecule has 1 aliphatic heterocycles. The highest BCUT2D eigenvalue weighted by Crippen LogP contribution is 2.37. The van der Waals surface area contributed by atoms with Crippen molar-refractivity contribution >= 4 is 28.9 Å². The number of benzene rings is 1. The highest BCUT2D eigenvalue weighted by molar-refractivity contribution is 6.31. The molecule has 126 valence electrons. The Morgan fingerprint density at radius 1 is 1.24 bits per heavy atom. The molecule has 0 unspecified atom stereocenters. The summed E-state index contributed by atoms with van der Waals surface area (Å²) in [6.45, 7) is 1.21. The van der Waals surface area contributed by atoms with E-state index in [2.05, 4.69) is 15.6 Å². The van der Waals surface area contributed by atoms with Crippen molar-refractivity contribution in [2.24, 2.45) is 0 Å². The molecule has 2 aromatic heterocycles. The SMILES string of the molecule is O=C1NCCn2cc(-c3ccncc3)c(Nc3cccc(Cl)c3F)c21. The van der Waals surface area contributed by atoms with E-state index in [0.717, 1.165) is 11.1 Å². The van der Waals surface area contributed by atoms with Gasteiger partial charge in [-0.3, -0.25) is 9.78 Å². The zero-order valence-electron chi connectivity index (χ0n) is 13.1. The second kappa shape index (κ2) is 6.22. The molecule has 25 heavy (non-hydrogen) atoms. The summed E-state index contributed by atoms with van der Waals surface area (Å²) in [5, 5.41) is 5.90. The average molecular weight is 357 g/mol. The summed E-state index contributed by atoms with van der Waals surface area (Å²) >= 11 is 5.88. The van der Waals surface area contributed by atoms with Crippen molar-refractivity contribution in [2.45, 2.75) is 6.54 Å². The van der Waals surface area contributed by atoms with Crippen LogP contribution in [0.3, 0.4) is 0 Å². The molecule has 3 aromatic rings. The number of pyridine rings is 1. The number of nitrogens with one attached hydrogen (secondary N) is 2. The van der Waals surface area contributed by atoms with Crippen LogP contribution in [0.15, 0.2) is 48.9 Å². The summed E-state index contributed by atoms with van der Waals surface area (Å²) in [6, 6.07) is 8.41. The van der Waals surface area contributed by atoms with E-state index in [0.29, 0.717) is 24.5 Å². The molecule has 3 heterocycles. The number of anilines is 2. The number of aromatic nitrogens is 2. The van der Waals surface area contributed by atoms with Crippen molar-refractivity contribution in [1.82, 2.24) is 14.9 Å². The third-order valence-corrected chi connectivity index (χ3v) is 4.43. The van der Waals surface area contributed by atoms with Crippen LogP contribution in [0.5, 0.6) is 0 Å². The molecule has 0 spiro atoms. The Bertz CT molecular complexity index is 955. The van der Waals surface area contributed by atoms with Crippen molar-refractivity contribution in [2.75, 3.05) is 11.9 Å². The van der Waals surface area contributed by atoms with Crippen LogP contribution in [-0.4, -0.2) is 22.0 Å². The van der Waals surface area contributed by atoms with Gasteiger partial charge < -0.3 is 15.2 Å². The molecular formula is C18H14ClFN4O. The van der Waals surface area contributed by atoms with E-state index in [-0.39, 0.29) is 16.6 Å². The third-order valence-electron chi connectivity index (χ3n) is 4.13. The van der Waals surface area contributed by atoms with E-state index in [1.807, 2.05) is 22.9 Å². The van der Waals surface area contributed by atoms with Crippen LogP contribution < -0.4 is 10.6 Å². The minimum atomic E-state index is -0.555. The summed E-state index contributed by atoms with van der Waals surface area (Å²) in [7, 11) is 0. The number of hydrogen-bond acceptors (Lipinski definition) is 3. The van der Waals surface area contributed by atoms with Crippen LogP contribution in [0.2, 0.25) is 5.02 Å².